The number of pyridine rings is 1. The van der Waals surface area contributed by atoms with Crippen molar-refractivity contribution in [2.24, 2.45) is 0 Å². The van der Waals surface area contributed by atoms with Gasteiger partial charge in [0, 0.05) is 12.0 Å². The first-order valence-electron chi connectivity index (χ1n) is 11.9. The number of aromatic nitrogens is 5. The summed E-state index contributed by atoms with van der Waals surface area (Å²) in [4.78, 5) is 31.1. The van der Waals surface area contributed by atoms with Gasteiger partial charge in [-0.2, -0.15) is 17.6 Å². The Balaban J connectivity index is 1.37. The van der Waals surface area contributed by atoms with Crippen LogP contribution in [0.1, 0.15) is 53.9 Å². The molecule has 9 nitrogen and oxygen atoms in total. The summed E-state index contributed by atoms with van der Waals surface area (Å²) >= 11 is 0. The van der Waals surface area contributed by atoms with Crippen LogP contribution in [0.25, 0.3) is 0 Å². The first kappa shape index (κ1) is 25.7. The van der Waals surface area contributed by atoms with Crippen LogP contribution in [0.3, 0.4) is 0 Å². The lowest BCUT2D eigenvalue weighted by Crippen LogP contribution is -2.48. The molecule has 1 saturated carbocycles. The summed E-state index contributed by atoms with van der Waals surface area (Å²) in [7, 11) is 0. The van der Waals surface area contributed by atoms with Crippen LogP contribution in [0.5, 0.6) is 0 Å². The highest BCUT2D eigenvalue weighted by Crippen LogP contribution is 2.41. The van der Waals surface area contributed by atoms with Crippen molar-refractivity contribution >= 4 is 11.8 Å². The summed E-state index contributed by atoms with van der Waals surface area (Å²) in [5.41, 5.74) is 1.28. The second-order valence-electron chi connectivity index (χ2n) is 9.30. The van der Waals surface area contributed by atoms with E-state index in [2.05, 4.69) is 25.8 Å². The molecule has 2 amide bonds. The van der Waals surface area contributed by atoms with Crippen LogP contribution in [-0.4, -0.2) is 60.7 Å². The minimum Gasteiger partial charge on any atom is -0.342 e. The number of carbonyl (C=O) groups excluding carboxylic acids is 2. The van der Waals surface area contributed by atoms with Crippen molar-refractivity contribution in [3.63, 3.8) is 0 Å². The van der Waals surface area contributed by atoms with Crippen molar-refractivity contribution in [1.29, 1.82) is 0 Å². The Bertz CT molecular complexity index is 1330. The number of hydrogen-bond donors (Lipinski definition) is 1. The van der Waals surface area contributed by atoms with Gasteiger partial charge in [0.25, 0.3) is 5.82 Å². The molecule has 0 spiro atoms. The SMILES string of the molecule is O=C(N[C@@H](c1ccccc1)c1ccc(C2CC2)c(F)n1)[C@@H]1C[C@@H](F)CN1C(=O)Cn1nnnc1C(F)(F)F. The number of benzene rings is 1. The number of nitrogens with zero attached hydrogens (tertiary/aromatic N) is 6. The Morgan fingerprint density at radius 2 is 1.84 bits per heavy atom. The van der Waals surface area contributed by atoms with Crippen LogP contribution < -0.4 is 5.32 Å². The Hall–Kier alpha value is -3.97. The van der Waals surface area contributed by atoms with E-state index in [0.717, 1.165) is 17.7 Å². The lowest BCUT2D eigenvalue weighted by atomic mass is 10.0. The minimum absolute atomic E-state index is 0.124. The molecule has 2 aromatic heterocycles. The molecule has 5 rings (SSSR count). The summed E-state index contributed by atoms with van der Waals surface area (Å²) < 4.78 is 68.7. The van der Waals surface area contributed by atoms with Crippen LogP contribution >= 0.6 is 0 Å². The summed E-state index contributed by atoms with van der Waals surface area (Å²) in [6, 6.07) is 9.60. The van der Waals surface area contributed by atoms with E-state index in [-0.39, 0.29) is 22.7 Å². The molecule has 3 aromatic rings. The average molecular weight is 535 g/mol. The molecule has 1 aromatic carbocycles. The molecule has 1 aliphatic heterocycles. The number of rotatable bonds is 7. The van der Waals surface area contributed by atoms with E-state index < -0.39 is 61.1 Å². The number of amides is 2. The number of tetrazole rings is 1. The Labute approximate surface area is 213 Å². The molecule has 1 N–H and O–H groups in total. The van der Waals surface area contributed by atoms with Crippen molar-refractivity contribution in [2.75, 3.05) is 6.54 Å². The molecule has 0 radical (unpaired) electrons. The van der Waals surface area contributed by atoms with Gasteiger partial charge in [-0.3, -0.25) is 9.59 Å². The predicted octanol–water partition coefficient (Wildman–Crippen LogP) is 2.95. The van der Waals surface area contributed by atoms with Crippen molar-refractivity contribution in [1.82, 2.24) is 35.4 Å². The molecule has 200 valence electrons. The first-order chi connectivity index (χ1) is 18.1. The fourth-order valence-electron chi connectivity index (χ4n) is 4.57. The van der Waals surface area contributed by atoms with Gasteiger partial charge in [0.1, 0.15) is 18.8 Å². The third kappa shape index (κ3) is 5.34. The zero-order valence-electron chi connectivity index (χ0n) is 19.8. The third-order valence-electron chi connectivity index (χ3n) is 6.58. The van der Waals surface area contributed by atoms with Crippen LogP contribution in [0, 0.1) is 5.95 Å². The maximum absolute atomic E-state index is 14.7. The van der Waals surface area contributed by atoms with Crippen LogP contribution in [0.15, 0.2) is 42.5 Å². The maximum Gasteiger partial charge on any atom is 0.453 e. The molecular weight excluding hydrogens is 513 g/mol. The molecule has 0 unspecified atom stereocenters. The van der Waals surface area contributed by atoms with Crippen LogP contribution in [-0.2, 0) is 22.3 Å². The standard InChI is InChI=1S/C24H22F5N7O2/c25-15-10-18(35(11-15)19(37)12-36-23(24(27,28)29)32-33-34-36)22(38)31-20(14-4-2-1-3-5-14)17-9-8-16(13-6-7-13)21(26)30-17/h1-5,8-9,13,15,18,20H,6-7,10-12H2,(H,31,38)/t15-,18+,20+/m1/s1. The minimum atomic E-state index is -4.91. The monoisotopic (exact) mass is 535 g/mol. The second-order valence-corrected chi connectivity index (χ2v) is 9.30. The number of alkyl halides is 4. The Morgan fingerprint density at radius 3 is 2.50 bits per heavy atom. The summed E-state index contributed by atoms with van der Waals surface area (Å²) in [5, 5.41) is 11.8. The van der Waals surface area contributed by atoms with Gasteiger partial charge < -0.3 is 10.2 Å². The molecule has 1 aliphatic carbocycles. The van der Waals surface area contributed by atoms with Gasteiger partial charge in [-0.15, -0.1) is 5.10 Å². The first-order valence-corrected chi connectivity index (χ1v) is 11.9. The number of likely N-dealkylation sites (tertiary alicyclic amines) is 1. The predicted molar refractivity (Wildman–Crippen MR) is 120 cm³/mol. The van der Waals surface area contributed by atoms with Gasteiger partial charge in [0.15, 0.2) is 0 Å². The fraction of sp³-hybridized carbons (Fsp3) is 0.417. The lowest BCUT2D eigenvalue weighted by molar-refractivity contribution is -0.150. The van der Waals surface area contributed by atoms with Gasteiger partial charge in [0.05, 0.1) is 18.3 Å². The Morgan fingerprint density at radius 1 is 1.11 bits per heavy atom. The van der Waals surface area contributed by atoms with E-state index in [1.165, 1.54) is 0 Å². The van der Waals surface area contributed by atoms with Crippen LogP contribution in [0.4, 0.5) is 22.0 Å². The summed E-state index contributed by atoms with van der Waals surface area (Å²) in [6.07, 6.45) is -5.09. The second kappa shape index (κ2) is 10.1. The van der Waals surface area contributed by atoms with Gasteiger partial charge in [0.2, 0.25) is 17.8 Å². The lowest BCUT2D eigenvalue weighted by Gasteiger charge is -2.26. The van der Waals surface area contributed by atoms with E-state index >= 15 is 0 Å². The molecule has 0 bridgehead atoms. The van der Waals surface area contributed by atoms with Gasteiger partial charge >= 0.3 is 6.18 Å². The molecule has 38 heavy (non-hydrogen) atoms. The number of nitrogens with one attached hydrogen (secondary N) is 1. The summed E-state index contributed by atoms with van der Waals surface area (Å²) in [5.74, 6) is -3.72. The largest absolute Gasteiger partial charge is 0.453 e. The smallest absolute Gasteiger partial charge is 0.342 e. The molecule has 1 saturated heterocycles. The zero-order valence-corrected chi connectivity index (χ0v) is 19.8. The molecule has 2 fully saturated rings. The molecule has 3 atom stereocenters. The van der Waals surface area contributed by atoms with Crippen LogP contribution in [0.2, 0.25) is 0 Å². The fourth-order valence-corrected chi connectivity index (χ4v) is 4.57. The number of carbonyl (C=O) groups is 2. The van der Waals surface area contributed by atoms with E-state index in [1.54, 1.807) is 42.5 Å². The van der Waals surface area contributed by atoms with Crippen molar-refractivity contribution < 1.29 is 31.5 Å². The molecule has 14 heteroatoms. The number of halogens is 5. The van der Waals surface area contributed by atoms with Crippen molar-refractivity contribution in [2.45, 2.75) is 56.2 Å². The molecular formula is C24H22F5N7O2. The molecule has 3 heterocycles. The summed E-state index contributed by atoms with van der Waals surface area (Å²) in [6.45, 7) is -1.42. The molecule has 2 aliphatic rings. The van der Waals surface area contributed by atoms with Gasteiger partial charge in [-0.25, -0.2) is 14.1 Å². The normalized spacial score (nSPS) is 20.4. The van der Waals surface area contributed by atoms with Crippen molar-refractivity contribution in [3.05, 3.63) is 71.1 Å². The topological polar surface area (TPSA) is 106 Å². The van der Waals surface area contributed by atoms with E-state index in [4.69, 9.17) is 0 Å². The quantitative estimate of drug-likeness (QED) is 0.369. The Kier molecular flexibility index (Phi) is 6.80. The highest BCUT2D eigenvalue weighted by atomic mass is 19.4. The van der Waals surface area contributed by atoms with Gasteiger partial charge in [-0.1, -0.05) is 36.4 Å². The third-order valence-corrected chi connectivity index (χ3v) is 6.58. The van der Waals surface area contributed by atoms with Crippen molar-refractivity contribution in [3.8, 4) is 0 Å². The highest BCUT2D eigenvalue weighted by molar-refractivity contribution is 5.88. The maximum atomic E-state index is 14.7. The zero-order chi connectivity index (χ0) is 27.0. The van der Waals surface area contributed by atoms with E-state index in [9.17, 15) is 31.5 Å². The van der Waals surface area contributed by atoms with E-state index in [0.29, 0.717) is 11.1 Å². The van der Waals surface area contributed by atoms with Gasteiger partial charge in [-0.05, 0) is 40.8 Å². The number of hydrogen-bond acceptors (Lipinski definition) is 6. The average Bonchev–Trinajstić information content (AvgIpc) is 3.46. The van der Waals surface area contributed by atoms with E-state index in [1.807, 2.05) is 0 Å². The highest BCUT2D eigenvalue weighted by Gasteiger charge is 2.43.